The molecule has 1 atom stereocenters. The van der Waals surface area contributed by atoms with Crippen LogP contribution < -0.4 is 0 Å². The zero-order valence-corrected chi connectivity index (χ0v) is 9.65. The molecular weight excluding hydrogens is 224 g/mol. The Morgan fingerprint density at radius 3 is 2.62 bits per heavy atom. The Morgan fingerprint density at radius 2 is 2.00 bits per heavy atom. The summed E-state index contributed by atoms with van der Waals surface area (Å²) >= 11 is 6.11. The average molecular weight is 237 g/mol. The van der Waals surface area contributed by atoms with E-state index in [0.29, 0.717) is 18.2 Å². The van der Waals surface area contributed by atoms with Crippen molar-refractivity contribution in [2.45, 2.75) is 6.04 Å². The normalized spacial score (nSPS) is 19.0. The van der Waals surface area contributed by atoms with Crippen LogP contribution in [0.1, 0.15) is 11.6 Å². The predicted molar refractivity (Wildman–Crippen MR) is 62.2 cm³/mol. The maximum atomic E-state index is 9.27. The second kappa shape index (κ2) is 5.31. The molecule has 16 heavy (non-hydrogen) atoms. The van der Waals surface area contributed by atoms with Gasteiger partial charge >= 0.3 is 0 Å². The van der Waals surface area contributed by atoms with E-state index in [1.165, 1.54) is 0 Å². The molecule has 0 N–H and O–H groups in total. The van der Waals surface area contributed by atoms with E-state index in [4.69, 9.17) is 16.3 Å². The molecule has 0 bridgehead atoms. The van der Waals surface area contributed by atoms with Gasteiger partial charge in [-0.25, -0.2) is 0 Å². The summed E-state index contributed by atoms with van der Waals surface area (Å²) in [5, 5.41) is 9.92. The van der Waals surface area contributed by atoms with Crippen LogP contribution in [0.5, 0.6) is 0 Å². The van der Waals surface area contributed by atoms with Crippen molar-refractivity contribution >= 4 is 11.6 Å². The van der Waals surface area contributed by atoms with Gasteiger partial charge < -0.3 is 4.74 Å². The molecule has 0 radical (unpaired) electrons. The highest BCUT2D eigenvalue weighted by Gasteiger charge is 2.23. The first-order valence-corrected chi connectivity index (χ1v) is 5.66. The van der Waals surface area contributed by atoms with Gasteiger partial charge in [-0.2, -0.15) is 5.26 Å². The summed E-state index contributed by atoms with van der Waals surface area (Å²) in [7, 11) is 0. The molecule has 1 aliphatic rings. The third-order valence-corrected chi connectivity index (χ3v) is 3.08. The van der Waals surface area contributed by atoms with E-state index in [-0.39, 0.29) is 6.04 Å². The minimum absolute atomic E-state index is 0.266. The first-order valence-electron chi connectivity index (χ1n) is 5.29. The number of hydrogen-bond acceptors (Lipinski definition) is 3. The van der Waals surface area contributed by atoms with E-state index in [1.807, 2.05) is 24.3 Å². The van der Waals surface area contributed by atoms with Gasteiger partial charge in [-0.1, -0.05) is 29.8 Å². The Balaban J connectivity index is 2.22. The number of hydrogen-bond donors (Lipinski definition) is 0. The molecule has 1 saturated heterocycles. The van der Waals surface area contributed by atoms with Crippen molar-refractivity contribution in [3.63, 3.8) is 0 Å². The molecule has 0 aliphatic carbocycles. The van der Waals surface area contributed by atoms with Gasteiger partial charge in [-0.3, -0.25) is 4.90 Å². The number of nitrogens with zero attached hydrogens (tertiary/aromatic N) is 2. The summed E-state index contributed by atoms with van der Waals surface area (Å²) in [6.07, 6.45) is 0. The largest absolute Gasteiger partial charge is 0.379 e. The lowest BCUT2D eigenvalue weighted by atomic mass is 10.1. The van der Waals surface area contributed by atoms with Crippen LogP contribution in [0.2, 0.25) is 5.02 Å². The van der Waals surface area contributed by atoms with Crippen molar-refractivity contribution in [1.29, 1.82) is 5.26 Å². The Labute approximate surface area is 100 Å². The molecule has 0 amide bonds. The molecule has 2 rings (SSSR count). The zero-order chi connectivity index (χ0) is 11.4. The smallest absolute Gasteiger partial charge is 0.125 e. The van der Waals surface area contributed by atoms with Crippen LogP contribution in [0.25, 0.3) is 0 Å². The van der Waals surface area contributed by atoms with Crippen molar-refractivity contribution in [3.8, 4) is 6.07 Å². The molecule has 84 valence electrons. The van der Waals surface area contributed by atoms with E-state index >= 15 is 0 Å². The highest BCUT2D eigenvalue weighted by molar-refractivity contribution is 6.31. The Hall–Kier alpha value is -1.08. The second-order valence-corrected chi connectivity index (χ2v) is 4.11. The molecule has 4 heteroatoms. The molecule has 1 aliphatic heterocycles. The van der Waals surface area contributed by atoms with Crippen molar-refractivity contribution in [2.75, 3.05) is 26.3 Å². The molecule has 1 aromatic carbocycles. The lowest BCUT2D eigenvalue weighted by Gasteiger charge is -2.30. The minimum atomic E-state index is -0.266. The Morgan fingerprint density at radius 1 is 1.31 bits per heavy atom. The van der Waals surface area contributed by atoms with Crippen LogP contribution in [0.3, 0.4) is 0 Å². The van der Waals surface area contributed by atoms with Crippen molar-refractivity contribution in [1.82, 2.24) is 4.90 Å². The highest BCUT2D eigenvalue weighted by Crippen LogP contribution is 2.27. The third kappa shape index (κ3) is 2.35. The molecule has 0 aromatic heterocycles. The van der Waals surface area contributed by atoms with Gasteiger partial charge in [-0.05, 0) is 6.07 Å². The maximum absolute atomic E-state index is 9.27. The number of nitriles is 1. The molecule has 1 fully saturated rings. The predicted octanol–water partition coefficient (Wildman–Crippen LogP) is 2.24. The number of rotatable bonds is 2. The Kier molecular flexibility index (Phi) is 3.79. The molecule has 0 spiro atoms. The molecule has 0 saturated carbocycles. The molecule has 0 unspecified atom stereocenters. The van der Waals surface area contributed by atoms with Crippen molar-refractivity contribution in [3.05, 3.63) is 34.9 Å². The quantitative estimate of drug-likeness (QED) is 0.790. The van der Waals surface area contributed by atoms with Crippen LogP contribution in [0, 0.1) is 11.3 Å². The second-order valence-electron chi connectivity index (χ2n) is 3.70. The average Bonchev–Trinajstić information content (AvgIpc) is 2.34. The number of ether oxygens (including phenoxy) is 1. The number of halogens is 1. The van der Waals surface area contributed by atoms with Crippen LogP contribution in [0.15, 0.2) is 24.3 Å². The summed E-state index contributed by atoms with van der Waals surface area (Å²) < 4.78 is 5.28. The maximum Gasteiger partial charge on any atom is 0.125 e. The number of morpholine rings is 1. The lowest BCUT2D eigenvalue weighted by molar-refractivity contribution is 0.0266. The molecule has 1 aromatic rings. The van der Waals surface area contributed by atoms with Crippen LogP contribution in [0.4, 0.5) is 0 Å². The van der Waals surface area contributed by atoms with Gasteiger partial charge in [0, 0.05) is 23.7 Å². The lowest BCUT2D eigenvalue weighted by Crippen LogP contribution is -2.38. The van der Waals surface area contributed by atoms with E-state index in [0.717, 1.165) is 18.7 Å². The standard InChI is InChI=1S/C12H13ClN2O/c13-11-4-2-1-3-10(11)12(9-14)15-5-7-16-8-6-15/h1-4,12H,5-8H2/t12-/m0/s1. The van der Waals surface area contributed by atoms with Crippen LogP contribution in [-0.4, -0.2) is 31.2 Å². The van der Waals surface area contributed by atoms with E-state index in [1.54, 1.807) is 0 Å². The summed E-state index contributed by atoms with van der Waals surface area (Å²) in [6.45, 7) is 2.93. The van der Waals surface area contributed by atoms with Crippen LogP contribution >= 0.6 is 11.6 Å². The van der Waals surface area contributed by atoms with Gasteiger partial charge in [0.05, 0.1) is 19.3 Å². The van der Waals surface area contributed by atoms with E-state index < -0.39 is 0 Å². The van der Waals surface area contributed by atoms with Gasteiger partial charge in [-0.15, -0.1) is 0 Å². The van der Waals surface area contributed by atoms with Gasteiger partial charge in [0.2, 0.25) is 0 Å². The third-order valence-electron chi connectivity index (χ3n) is 2.73. The SMILES string of the molecule is N#C[C@@H](c1ccccc1Cl)N1CCOCC1. The number of benzene rings is 1. The van der Waals surface area contributed by atoms with Crippen molar-refractivity contribution in [2.24, 2.45) is 0 Å². The topological polar surface area (TPSA) is 36.3 Å². The van der Waals surface area contributed by atoms with Crippen LogP contribution in [-0.2, 0) is 4.74 Å². The fourth-order valence-corrected chi connectivity index (χ4v) is 2.12. The molecule has 3 nitrogen and oxygen atoms in total. The minimum Gasteiger partial charge on any atom is -0.379 e. The summed E-state index contributed by atoms with van der Waals surface area (Å²) in [5.41, 5.74) is 0.883. The summed E-state index contributed by atoms with van der Waals surface area (Å²) in [5.74, 6) is 0. The van der Waals surface area contributed by atoms with Crippen molar-refractivity contribution < 1.29 is 4.74 Å². The first kappa shape index (κ1) is 11.4. The van der Waals surface area contributed by atoms with E-state index in [2.05, 4.69) is 11.0 Å². The fourth-order valence-electron chi connectivity index (χ4n) is 1.88. The molecular formula is C12H13ClN2O. The van der Waals surface area contributed by atoms with E-state index in [9.17, 15) is 5.26 Å². The summed E-state index contributed by atoms with van der Waals surface area (Å²) in [4.78, 5) is 2.10. The highest BCUT2D eigenvalue weighted by atomic mass is 35.5. The van der Waals surface area contributed by atoms with Gasteiger partial charge in [0.1, 0.15) is 6.04 Å². The Bertz CT molecular complexity index is 396. The summed E-state index contributed by atoms with van der Waals surface area (Å²) in [6, 6.07) is 9.56. The fraction of sp³-hybridized carbons (Fsp3) is 0.417. The zero-order valence-electron chi connectivity index (χ0n) is 8.90. The monoisotopic (exact) mass is 236 g/mol. The van der Waals surface area contributed by atoms with Gasteiger partial charge in [0.15, 0.2) is 0 Å². The van der Waals surface area contributed by atoms with Gasteiger partial charge in [0.25, 0.3) is 0 Å². The molecule has 1 heterocycles. The first-order chi connectivity index (χ1) is 7.83.